The highest BCUT2D eigenvalue weighted by atomic mass is 32.1. The second-order valence-corrected chi connectivity index (χ2v) is 5.50. The number of carbonyl (C=O) groups excluding carboxylic acids is 1. The Bertz CT molecular complexity index is 408. The first-order valence-corrected chi connectivity index (χ1v) is 7.04. The minimum Gasteiger partial charge on any atom is -0.378 e. The van der Waals surface area contributed by atoms with Crippen molar-refractivity contribution in [1.29, 1.82) is 0 Å². The molecule has 6 heteroatoms. The van der Waals surface area contributed by atoms with E-state index in [1.807, 2.05) is 5.38 Å². The van der Waals surface area contributed by atoms with Crippen LogP contribution in [0.25, 0.3) is 0 Å². The average molecular weight is 269 g/mol. The van der Waals surface area contributed by atoms with Crippen molar-refractivity contribution in [2.45, 2.75) is 32.4 Å². The van der Waals surface area contributed by atoms with Crippen LogP contribution in [0.1, 0.15) is 25.5 Å². The van der Waals surface area contributed by atoms with Crippen molar-refractivity contribution in [3.8, 4) is 0 Å². The summed E-state index contributed by atoms with van der Waals surface area (Å²) in [6.07, 6.45) is 1.79. The number of hydrogen-bond acceptors (Lipinski definition) is 5. The monoisotopic (exact) mass is 269 g/mol. The predicted octanol–water partition coefficient (Wildman–Crippen LogP) is 1.62. The van der Waals surface area contributed by atoms with Crippen molar-refractivity contribution in [3.05, 3.63) is 11.1 Å². The van der Waals surface area contributed by atoms with Gasteiger partial charge in [-0.25, -0.2) is 4.98 Å². The van der Waals surface area contributed by atoms with Gasteiger partial charge in [-0.3, -0.25) is 4.79 Å². The number of piperidine rings is 1. The van der Waals surface area contributed by atoms with E-state index < -0.39 is 0 Å². The Morgan fingerprint density at radius 3 is 3.28 bits per heavy atom. The summed E-state index contributed by atoms with van der Waals surface area (Å²) in [5.41, 5.74) is 0.858. The molecule has 2 atom stereocenters. The summed E-state index contributed by atoms with van der Waals surface area (Å²) in [6.45, 7) is 3.50. The Balaban J connectivity index is 1.89. The van der Waals surface area contributed by atoms with Gasteiger partial charge in [0.15, 0.2) is 5.13 Å². The van der Waals surface area contributed by atoms with Gasteiger partial charge in [-0.1, -0.05) is 0 Å². The van der Waals surface area contributed by atoms with Crippen LogP contribution in [0.5, 0.6) is 0 Å². The Labute approximate surface area is 111 Å². The first-order chi connectivity index (χ1) is 8.69. The summed E-state index contributed by atoms with van der Waals surface area (Å²) < 4.78 is 5.00. The van der Waals surface area contributed by atoms with Gasteiger partial charge in [0.1, 0.15) is 0 Å². The third-order valence-corrected chi connectivity index (χ3v) is 3.88. The summed E-state index contributed by atoms with van der Waals surface area (Å²) >= 11 is 1.44. The molecule has 1 amide bonds. The van der Waals surface area contributed by atoms with Crippen LogP contribution in [0.2, 0.25) is 0 Å². The number of ether oxygens (including phenoxy) is 1. The molecule has 0 bridgehead atoms. The number of methoxy groups -OCH3 is 1. The zero-order chi connectivity index (χ0) is 13.0. The SMILES string of the molecule is COCc1csc(NC(=O)[C@H]2CCN[C@@H](C)C2)n1. The number of nitrogens with zero attached hydrogens (tertiary/aromatic N) is 1. The molecule has 1 saturated heterocycles. The van der Waals surface area contributed by atoms with Crippen LogP contribution >= 0.6 is 11.3 Å². The van der Waals surface area contributed by atoms with Gasteiger partial charge in [-0.05, 0) is 26.3 Å². The highest BCUT2D eigenvalue weighted by Gasteiger charge is 2.25. The van der Waals surface area contributed by atoms with Crippen molar-refractivity contribution >= 4 is 22.4 Å². The number of rotatable bonds is 4. The Morgan fingerprint density at radius 1 is 1.72 bits per heavy atom. The van der Waals surface area contributed by atoms with E-state index in [9.17, 15) is 4.79 Å². The van der Waals surface area contributed by atoms with E-state index in [-0.39, 0.29) is 11.8 Å². The van der Waals surface area contributed by atoms with Crippen LogP contribution in [0, 0.1) is 5.92 Å². The fraction of sp³-hybridized carbons (Fsp3) is 0.667. The van der Waals surface area contributed by atoms with Crippen LogP contribution in [-0.2, 0) is 16.1 Å². The zero-order valence-electron chi connectivity index (χ0n) is 10.7. The highest BCUT2D eigenvalue weighted by molar-refractivity contribution is 7.13. The van der Waals surface area contributed by atoms with Crippen LogP contribution in [0.4, 0.5) is 5.13 Å². The van der Waals surface area contributed by atoms with Gasteiger partial charge in [0.25, 0.3) is 0 Å². The fourth-order valence-corrected chi connectivity index (χ4v) is 2.85. The van der Waals surface area contributed by atoms with E-state index in [0.717, 1.165) is 25.1 Å². The largest absolute Gasteiger partial charge is 0.378 e. The summed E-state index contributed by atoms with van der Waals surface area (Å²) in [7, 11) is 1.63. The second kappa shape index (κ2) is 6.26. The van der Waals surface area contributed by atoms with Gasteiger partial charge in [0.2, 0.25) is 5.91 Å². The molecule has 0 saturated carbocycles. The molecule has 0 aromatic carbocycles. The van der Waals surface area contributed by atoms with E-state index in [0.29, 0.717) is 17.8 Å². The van der Waals surface area contributed by atoms with Gasteiger partial charge >= 0.3 is 0 Å². The maximum atomic E-state index is 12.1. The lowest BCUT2D eigenvalue weighted by Gasteiger charge is -2.26. The minimum atomic E-state index is 0.0849. The summed E-state index contributed by atoms with van der Waals surface area (Å²) in [5, 5.41) is 8.81. The molecule has 1 aromatic rings. The van der Waals surface area contributed by atoms with Crippen molar-refractivity contribution < 1.29 is 9.53 Å². The molecule has 5 nitrogen and oxygen atoms in total. The van der Waals surface area contributed by atoms with Crippen molar-refractivity contribution in [1.82, 2.24) is 10.3 Å². The molecular weight excluding hydrogens is 250 g/mol. The van der Waals surface area contributed by atoms with Crippen LogP contribution in [0.15, 0.2) is 5.38 Å². The Morgan fingerprint density at radius 2 is 2.56 bits per heavy atom. The predicted molar refractivity (Wildman–Crippen MR) is 71.6 cm³/mol. The lowest BCUT2D eigenvalue weighted by atomic mass is 9.93. The molecule has 0 unspecified atom stereocenters. The normalized spacial score (nSPS) is 23.9. The lowest BCUT2D eigenvalue weighted by molar-refractivity contribution is -0.120. The molecule has 1 aliphatic heterocycles. The number of hydrogen-bond donors (Lipinski definition) is 2. The Hall–Kier alpha value is -0.980. The molecule has 1 aliphatic rings. The molecule has 2 heterocycles. The van der Waals surface area contributed by atoms with Gasteiger partial charge in [0, 0.05) is 24.4 Å². The molecule has 0 radical (unpaired) electrons. The molecule has 0 spiro atoms. The standard InChI is InChI=1S/C12H19N3O2S/c1-8-5-9(3-4-13-8)11(16)15-12-14-10(6-17-2)7-18-12/h7-9,13H,3-6H2,1-2H3,(H,14,15,16)/t8-,9-/m0/s1. The van der Waals surface area contributed by atoms with Gasteiger partial charge < -0.3 is 15.4 Å². The topological polar surface area (TPSA) is 63.2 Å². The van der Waals surface area contributed by atoms with E-state index in [2.05, 4.69) is 22.5 Å². The number of thiazole rings is 1. The number of anilines is 1. The van der Waals surface area contributed by atoms with Crippen molar-refractivity contribution in [2.75, 3.05) is 19.0 Å². The lowest BCUT2D eigenvalue weighted by Crippen LogP contribution is -2.40. The van der Waals surface area contributed by atoms with E-state index in [4.69, 9.17) is 4.74 Å². The average Bonchev–Trinajstić information content (AvgIpc) is 2.77. The van der Waals surface area contributed by atoms with Crippen LogP contribution < -0.4 is 10.6 Å². The number of amides is 1. The summed E-state index contributed by atoms with van der Waals surface area (Å²) in [4.78, 5) is 16.4. The highest BCUT2D eigenvalue weighted by Crippen LogP contribution is 2.21. The summed E-state index contributed by atoms with van der Waals surface area (Å²) in [5.74, 6) is 0.178. The maximum Gasteiger partial charge on any atom is 0.229 e. The molecule has 2 N–H and O–H groups in total. The first-order valence-electron chi connectivity index (χ1n) is 6.16. The van der Waals surface area contributed by atoms with Gasteiger partial charge in [0.05, 0.1) is 12.3 Å². The first kappa shape index (κ1) is 13.5. The second-order valence-electron chi connectivity index (χ2n) is 4.64. The third kappa shape index (κ3) is 3.51. The maximum absolute atomic E-state index is 12.1. The minimum absolute atomic E-state index is 0.0849. The molecule has 2 rings (SSSR count). The smallest absolute Gasteiger partial charge is 0.229 e. The zero-order valence-corrected chi connectivity index (χ0v) is 11.5. The molecular formula is C12H19N3O2S. The number of aromatic nitrogens is 1. The number of nitrogens with one attached hydrogen (secondary N) is 2. The molecule has 1 fully saturated rings. The molecule has 1 aromatic heterocycles. The van der Waals surface area contributed by atoms with Crippen LogP contribution in [0.3, 0.4) is 0 Å². The molecule has 18 heavy (non-hydrogen) atoms. The van der Waals surface area contributed by atoms with E-state index in [1.54, 1.807) is 7.11 Å². The molecule has 0 aliphatic carbocycles. The van der Waals surface area contributed by atoms with Crippen molar-refractivity contribution in [2.24, 2.45) is 5.92 Å². The van der Waals surface area contributed by atoms with Crippen molar-refractivity contribution in [3.63, 3.8) is 0 Å². The summed E-state index contributed by atoms with van der Waals surface area (Å²) in [6, 6.07) is 0.412. The van der Waals surface area contributed by atoms with E-state index in [1.165, 1.54) is 11.3 Å². The van der Waals surface area contributed by atoms with Gasteiger partial charge in [-0.15, -0.1) is 11.3 Å². The Kier molecular flexibility index (Phi) is 4.68. The quantitative estimate of drug-likeness (QED) is 0.872. The molecule has 100 valence electrons. The number of carbonyl (C=O) groups is 1. The fourth-order valence-electron chi connectivity index (χ4n) is 2.16. The van der Waals surface area contributed by atoms with Crippen LogP contribution in [-0.4, -0.2) is 30.6 Å². The van der Waals surface area contributed by atoms with E-state index >= 15 is 0 Å². The van der Waals surface area contributed by atoms with Gasteiger partial charge in [-0.2, -0.15) is 0 Å². The third-order valence-electron chi connectivity index (χ3n) is 3.07.